The van der Waals surface area contributed by atoms with Gasteiger partial charge in [-0.3, -0.25) is 9.89 Å². The fourth-order valence-electron chi connectivity index (χ4n) is 1.98. The molecule has 2 aromatic rings. The quantitative estimate of drug-likeness (QED) is 0.901. The fraction of sp³-hybridized carbons (Fsp3) is 0.357. The van der Waals surface area contributed by atoms with E-state index in [0.29, 0.717) is 6.61 Å². The Hall–Kier alpha value is -1.97. The molecular formula is C14H18N2O2. The van der Waals surface area contributed by atoms with E-state index in [-0.39, 0.29) is 11.6 Å². The predicted molar refractivity (Wildman–Crippen MR) is 71.2 cm³/mol. The predicted octanol–water partition coefficient (Wildman–Crippen LogP) is 2.49. The lowest BCUT2D eigenvalue weighted by atomic mass is 10.1. The zero-order valence-electron chi connectivity index (χ0n) is 10.9. The number of rotatable bonds is 4. The molecule has 1 N–H and O–H groups in total. The molecule has 0 spiro atoms. The molecule has 0 bridgehead atoms. The van der Waals surface area contributed by atoms with E-state index in [1.165, 1.54) is 0 Å². The van der Waals surface area contributed by atoms with E-state index in [2.05, 4.69) is 5.10 Å². The first-order chi connectivity index (χ1) is 8.61. The Morgan fingerprint density at radius 3 is 2.50 bits per heavy atom. The molecule has 96 valence electrons. The SMILES string of the molecule is CCOc1ccc(C(C)n2[nH]c(C)cc2=O)cc1. The molecule has 0 aliphatic rings. The third-order valence-electron chi connectivity index (χ3n) is 2.94. The maximum absolute atomic E-state index is 11.7. The number of hydrogen-bond acceptors (Lipinski definition) is 2. The number of hydrogen-bond donors (Lipinski definition) is 1. The smallest absolute Gasteiger partial charge is 0.267 e. The number of benzene rings is 1. The van der Waals surface area contributed by atoms with Gasteiger partial charge in [0.15, 0.2) is 0 Å². The van der Waals surface area contributed by atoms with Crippen molar-refractivity contribution in [2.24, 2.45) is 0 Å². The Balaban J connectivity index is 2.26. The average Bonchev–Trinajstić information content (AvgIpc) is 2.69. The maximum Gasteiger partial charge on any atom is 0.267 e. The van der Waals surface area contributed by atoms with E-state index in [1.807, 2.05) is 45.0 Å². The maximum atomic E-state index is 11.7. The minimum absolute atomic E-state index is 0.00566. The van der Waals surface area contributed by atoms with Gasteiger partial charge in [-0.1, -0.05) is 12.1 Å². The normalized spacial score (nSPS) is 12.4. The van der Waals surface area contributed by atoms with Crippen molar-refractivity contribution in [3.8, 4) is 5.75 Å². The van der Waals surface area contributed by atoms with Crippen LogP contribution in [0.2, 0.25) is 0 Å². The van der Waals surface area contributed by atoms with E-state index >= 15 is 0 Å². The molecule has 0 saturated carbocycles. The van der Waals surface area contributed by atoms with Gasteiger partial charge in [-0.15, -0.1) is 0 Å². The number of H-pyrrole nitrogens is 1. The topological polar surface area (TPSA) is 47.0 Å². The van der Waals surface area contributed by atoms with Gasteiger partial charge in [0.25, 0.3) is 5.56 Å². The standard InChI is InChI=1S/C14H18N2O2/c1-4-18-13-7-5-12(6-8-13)11(3)16-14(17)9-10(2)15-16/h5-9,11,15H,4H2,1-3H3. The van der Waals surface area contributed by atoms with Crippen molar-refractivity contribution in [3.05, 3.63) is 51.9 Å². The molecular weight excluding hydrogens is 228 g/mol. The highest BCUT2D eigenvalue weighted by atomic mass is 16.5. The lowest BCUT2D eigenvalue weighted by Gasteiger charge is -2.13. The van der Waals surface area contributed by atoms with Crippen molar-refractivity contribution >= 4 is 0 Å². The summed E-state index contributed by atoms with van der Waals surface area (Å²) in [4.78, 5) is 11.7. The summed E-state index contributed by atoms with van der Waals surface area (Å²) in [6.07, 6.45) is 0. The molecule has 0 fully saturated rings. The highest BCUT2D eigenvalue weighted by Crippen LogP contribution is 2.19. The second-order valence-corrected chi connectivity index (χ2v) is 4.33. The molecule has 0 amide bonds. The molecule has 1 aromatic heterocycles. The zero-order valence-corrected chi connectivity index (χ0v) is 10.9. The molecule has 1 unspecified atom stereocenters. The molecule has 4 heteroatoms. The third-order valence-corrected chi connectivity index (χ3v) is 2.94. The Bertz CT molecular complexity index is 566. The van der Waals surface area contributed by atoms with Crippen molar-refractivity contribution in [1.82, 2.24) is 9.78 Å². The summed E-state index contributed by atoms with van der Waals surface area (Å²) in [5.74, 6) is 0.850. The van der Waals surface area contributed by atoms with Crippen molar-refractivity contribution in [3.63, 3.8) is 0 Å². The lowest BCUT2D eigenvalue weighted by Crippen LogP contribution is -2.20. The Morgan fingerprint density at radius 1 is 1.33 bits per heavy atom. The van der Waals surface area contributed by atoms with Crippen LogP contribution in [0.4, 0.5) is 0 Å². The summed E-state index contributed by atoms with van der Waals surface area (Å²) in [5, 5.41) is 3.06. The molecule has 1 atom stereocenters. The minimum Gasteiger partial charge on any atom is -0.494 e. The van der Waals surface area contributed by atoms with Gasteiger partial charge in [0, 0.05) is 11.8 Å². The van der Waals surface area contributed by atoms with E-state index in [4.69, 9.17) is 4.74 Å². The molecule has 1 aromatic carbocycles. The average molecular weight is 246 g/mol. The number of aromatic amines is 1. The Labute approximate surface area is 106 Å². The van der Waals surface area contributed by atoms with E-state index in [0.717, 1.165) is 17.0 Å². The minimum atomic E-state index is -0.0122. The van der Waals surface area contributed by atoms with Gasteiger partial charge in [0.1, 0.15) is 5.75 Å². The second-order valence-electron chi connectivity index (χ2n) is 4.33. The second kappa shape index (κ2) is 5.12. The Morgan fingerprint density at radius 2 is 2.00 bits per heavy atom. The van der Waals surface area contributed by atoms with Gasteiger partial charge in [0.05, 0.1) is 12.6 Å². The first kappa shape index (κ1) is 12.5. The zero-order chi connectivity index (χ0) is 13.1. The summed E-state index contributed by atoms with van der Waals surface area (Å²) < 4.78 is 7.03. The van der Waals surface area contributed by atoms with Crippen molar-refractivity contribution in [2.45, 2.75) is 26.8 Å². The number of aromatic nitrogens is 2. The van der Waals surface area contributed by atoms with Crippen LogP contribution < -0.4 is 10.3 Å². The largest absolute Gasteiger partial charge is 0.494 e. The molecule has 0 aliphatic heterocycles. The van der Waals surface area contributed by atoms with Gasteiger partial charge < -0.3 is 4.74 Å². The number of aryl methyl sites for hydroxylation is 1. The van der Waals surface area contributed by atoms with Crippen molar-refractivity contribution in [1.29, 1.82) is 0 Å². The van der Waals surface area contributed by atoms with Crippen LogP contribution in [0.3, 0.4) is 0 Å². The summed E-state index contributed by atoms with van der Waals surface area (Å²) in [6.45, 7) is 6.48. The van der Waals surface area contributed by atoms with Crippen LogP contribution >= 0.6 is 0 Å². The molecule has 0 saturated heterocycles. The molecule has 2 rings (SSSR count). The van der Waals surface area contributed by atoms with E-state index in [9.17, 15) is 4.79 Å². The summed E-state index contributed by atoms with van der Waals surface area (Å²) in [5.41, 5.74) is 1.94. The highest BCUT2D eigenvalue weighted by Gasteiger charge is 2.11. The first-order valence-electron chi connectivity index (χ1n) is 6.12. The molecule has 0 aliphatic carbocycles. The molecule has 4 nitrogen and oxygen atoms in total. The van der Waals surface area contributed by atoms with Crippen LogP contribution in [0.15, 0.2) is 35.1 Å². The van der Waals surface area contributed by atoms with Gasteiger partial charge in [0.2, 0.25) is 0 Å². The number of ether oxygens (including phenoxy) is 1. The van der Waals surface area contributed by atoms with Crippen LogP contribution in [0.5, 0.6) is 5.75 Å². The van der Waals surface area contributed by atoms with Crippen LogP contribution in [0.1, 0.15) is 31.1 Å². The summed E-state index contributed by atoms with van der Waals surface area (Å²) in [6, 6.07) is 9.41. The lowest BCUT2D eigenvalue weighted by molar-refractivity contribution is 0.340. The third kappa shape index (κ3) is 2.47. The molecule has 18 heavy (non-hydrogen) atoms. The Kier molecular flexibility index (Phi) is 3.55. The molecule has 1 heterocycles. The van der Waals surface area contributed by atoms with E-state index in [1.54, 1.807) is 10.7 Å². The fourth-order valence-corrected chi connectivity index (χ4v) is 1.98. The van der Waals surface area contributed by atoms with Crippen molar-refractivity contribution < 1.29 is 4.74 Å². The van der Waals surface area contributed by atoms with Gasteiger partial charge >= 0.3 is 0 Å². The van der Waals surface area contributed by atoms with Crippen molar-refractivity contribution in [2.75, 3.05) is 6.61 Å². The molecule has 0 radical (unpaired) electrons. The van der Waals surface area contributed by atoms with E-state index < -0.39 is 0 Å². The van der Waals surface area contributed by atoms with Gasteiger partial charge in [-0.25, -0.2) is 4.68 Å². The monoisotopic (exact) mass is 246 g/mol. The van der Waals surface area contributed by atoms with Crippen LogP contribution in [-0.2, 0) is 0 Å². The number of nitrogens with one attached hydrogen (secondary N) is 1. The first-order valence-corrected chi connectivity index (χ1v) is 6.12. The van der Waals surface area contributed by atoms with Crippen LogP contribution in [0, 0.1) is 6.92 Å². The highest BCUT2D eigenvalue weighted by molar-refractivity contribution is 5.29. The number of nitrogens with zero attached hydrogens (tertiary/aromatic N) is 1. The van der Waals surface area contributed by atoms with Crippen LogP contribution in [0.25, 0.3) is 0 Å². The summed E-state index contributed by atoms with van der Waals surface area (Å²) in [7, 11) is 0. The van der Waals surface area contributed by atoms with Gasteiger partial charge in [-0.2, -0.15) is 0 Å². The van der Waals surface area contributed by atoms with Gasteiger partial charge in [-0.05, 0) is 38.5 Å². The van der Waals surface area contributed by atoms with Crippen LogP contribution in [-0.4, -0.2) is 16.4 Å². The summed E-state index contributed by atoms with van der Waals surface area (Å²) >= 11 is 0.